The molecule has 0 unspecified atom stereocenters. The van der Waals surface area contributed by atoms with Crippen LogP contribution in [-0.4, -0.2) is 0 Å². The Morgan fingerprint density at radius 3 is 2.27 bits per heavy atom. The van der Waals surface area contributed by atoms with E-state index in [4.69, 9.17) is 0 Å². The van der Waals surface area contributed by atoms with Crippen LogP contribution in [0.15, 0.2) is 49.6 Å². The summed E-state index contributed by atoms with van der Waals surface area (Å²) >= 11 is 0. The van der Waals surface area contributed by atoms with Gasteiger partial charge in [-0.3, -0.25) is 0 Å². The molecule has 0 spiro atoms. The molecule has 2 rings (SSSR count). The van der Waals surface area contributed by atoms with Gasteiger partial charge >= 0.3 is 0 Å². The predicted octanol–water partition coefficient (Wildman–Crippen LogP) is 4.81. The monoisotopic (exact) mass is 288 g/mol. The van der Waals surface area contributed by atoms with Gasteiger partial charge in [0.25, 0.3) is 0 Å². The summed E-state index contributed by atoms with van der Waals surface area (Å²) in [5.41, 5.74) is 5.00. The highest BCUT2D eigenvalue weighted by Gasteiger charge is 2.12. The molecule has 0 aliphatic carbocycles. The number of hydrogen-bond acceptors (Lipinski definition) is 0. The molecule has 0 aliphatic rings. The first-order chi connectivity index (χ1) is 10.6. The predicted molar refractivity (Wildman–Crippen MR) is 101 cm³/mol. The molecule has 22 heavy (non-hydrogen) atoms. The van der Waals surface area contributed by atoms with Crippen LogP contribution in [0.2, 0.25) is 0 Å². The molecule has 0 aromatic heterocycles. The minimum absolute atomic E-state index is 1.12. The number of allylic oxidation sites excluding steroid dienone is 4. The van der Waals surface area contributed by atoms with Crippen molar-refractivity contribution in [2.75, 3.05) is 0 Å². The van der Waals surface area contributed by atoms with Gasteiger partial charge in [0.2, 0.25) is 0 Å². The standard InChI is InChI=1S/C22H24/c1-7-12-17(8-2)21-16(6)20-14-11-13-18(9-3)22(20)15(5)19(21)10-4/h7-14H,1-2H2,3-6H3/b17-12-,18-9-,19-10-. The van der Waals surface area contributed by atoms with Crippen LogP contribution in [0.25, 0.3) is 28.5 Å². The highest BCUT2D eigenvalue weighted by atomic mass is 14.2. The third-order valence-corrected chi connectivity index (χ3v) is 4.33. The van der Waals surface area contributed by atoms with Gasteiger partial charge in [0.1, 0.15) is 0 Å². The van der Waals surface area contributed by atoms with E-state index in [9.17, 15) is 0 Å². The summed E-state index contributed by atoms with van der Waals surface area (Å²) in [6.45, 7) is 16.4. The van der Waals surface area contributed by atoms with Crippen molar-refractivity contribution >= 4 is 28.5 Å². The van der Waals surface area contributed by atoms with Crippen LogP contribution in [0.3, 0.4) is 0 Å². The summed E-state index contributed by atoms with van der Waals surface area (Å²) in [5.74, 6) is 0. The van der Waals surface area contributed by atoms with E-state index in [1.807, 2.05) is 18.2 Å². The molecule has 2 aromatic rings. The minimum atomic E-state index is 1.12. The van der Waals surface area contributed by atoms with Crippen molar-refractivity contribution in [3.63, 3.8) is 0 Å². The Bertz CT molecular complexity index is 890. The fraction of sp³-hybridized carbons (Fsp3) is 0.182. The topological polar surface area (TPSA) is 0 Å². The summed E-state index contributed by atoms with van der Waals surface area (Å²) in [7, 11) is 0. The Hall–Kier alpha value is -2.34. The van der Waals surface area contributed by atoms with Crippen LogP contribution in [0.5, 0.6) is 0 Å². The number of rotatable bonds is 3. The lowest BCUT2D eigenvalue weighted by molar-refractivity contribution is 1.35. The summed E-state index contributed by atoms with van der Waals surface area (Å²) in [6.07, 6.45) is 10.2. The lowest BCUT2D eigenvalue weighted by atomic mass is 9.88. The van der Waals surface area contributed by atoms with E-state index in [1.165, 1.54) is 37.9 Å². The van der Waals surface area contributed by atoms with E-state index >= 15 is 0 Å². The molecule has 2 aromatic carbocycles. The van der Waals surface area contributed by atoms with Crippen molar-refractivity contribution in [2.24, 2.45) is 0 Å². The van der Waals surface area contributed by atoms with Crippen molar-refractivity contribution < 1.29 is 0 Å². The maximum atomic E-state index is 3.98. The van der Waals surface area contributed by atoms with E-state index in [0.717, 1.165) is 5.57 Å². The molecule has 0 bridgehead atoms. The van der Waals surface area contributed by atoms with Crippen molar-refractivity contribution in [1.29, 1.82) is 0 Å². The van der Waals surface area contributed by atoms with Crippen molar-refractivity contribution in [3.8, 4) is 0 Å². The van der Waals surface area contributed by atoms with Gasteiger partial charge in [0.15, 0.2) is 0 Å². The van der Waals surface area contributed by atoms with Gasteiger partial charge in [0, 0.05) is 0 Å². The number of aryl methyl sites for hydroxylation is 2. The highest BCUT2D eigenvalue weighted by molar-refractivity contribution is 5.95. The van der Waals surface area contributed by atoms with Gasteiger partial charge in [-0.25, -0.2) is 0 Å². The molecule has 0 saturated heterocycles. The second-order valence-corrected chi connectivity index (χ2v) is 5.45. The average Bonchev–Trinajstić information content (AvgIpc) is 2.55. The highest BCUT2D eigenvalue weighted by Crippen LogP contribution is 2.25. The third kappa shape index (κ3) is 2.46. The van der Waals surface area contributed by atoms with Crippen LogP contribution in [0.4, 0.5) is 0 Å². The first-order valence-corrected chi connectivity index (χ1v) is 7.70. The molecule has 0 atom stereocenters. The van der Waals surface area contributed by atoms with Gasteiger partial charge in [0.05, 0.1) is 0 Å². The SMILES string of the molecule is C=C/C=C(/C=C)c1c(C)c2ccc/c(=C/C)c2c(C)/c1=C/C. The third-order valence-electron chi connectivity index (χ3n) is 4.33. The smallest absolute Gasteiger partial charge is 0.00765 e. The van der Waals surface area contributed by atoms with E-state index in [2.05, 4.69) is 71.2 Å². The molecule has 112 valence electrons. The zero-order chi connectivity index (χ0) is 16.3. The van der Waals surface area contributed by atoms with E-state index in [1.54, 1.807) is 0 Å². The van der Waals surface area contributed by atoms with E-state index in [-0.39, 0.29) is 0 Å². The largest absolute Gasteiger partial charge is 0.0990 e. The summed E-state index contributed by atoms with van der Waals surface area (Å²) in [4.78, 5) is 0. The number of hydrogen-bond donors (Lipinski definition) is 0. The molecule has 0 heterocycles. The van der Waals surface area contributed by atoms with Gasteiger partial charge in [-0.05, 0) is 71.2 Å². The molecular formula is C22H24. The first-order valence-electron chi connectivity index (χ1n) is 7.70. The molecule has 0 N–H and O–H groups in total. The van der Waals surface area contributed by atoms with Crippen molar-refractivity contribution in [3.05, 3.63) is 76.7 Å². The Balaban J connectivity index is 3.17. The zero-order valence-corrected chi connectivity index (χ0v) is 14.0. The van der Waals surface area contributed by atoms with E-state index in [0.29, 0.717) is 0 Å². The van der Waals surface area contributed by atoms with Crippen LogP contribution in [-0.2, 0) is 0 Å². The summed E-state index contributed by atoms with van der Waals surface area (Å²) < 4.78 is 0. The Morgan fingerprint density at radius 2 is 1.73 bits per heavy atom. The summed E-state index contributed by atoms with van der Waals surface area (Å²) in [6, 6.07) is 6.53. The fourth-order valence-electron chi connectivity index (χ4n) is 3.31. The molecule has 0 fully saturated rings. The number of fused-ring (bicyclic) bond motifs is 1. The summed E-state index contributed by atoms with van der Waals surface area (Å²) in [5, 5.41) is 5.24. The second-order valence-electron chi connectivity index (χ2n) is 5.45. The van der Waals surface area contributed by atoms with Gasteiger partial charge in [-0.1, -0.05) is 61.7 Å². The normalized spacial score (nSPS) is 13.7. The Morgan fingerprint density at radius 1 is 1.00 bits per heavy atom. The van der Waals surface area contributed by atoms with Gasteiger partial charge in [-0.2, -0.15) is 0 Å². The van der Waals surface area contributed by atoms with Crippen LogP contribution >= 0.6 is 0 Å². The Kier molecular flexibility index (Phi) is 4.82. The Labute approximate surface area is 133 Å². The molecule has 0 saturated carbocycles. The molecule has 0 radical (unpaired) electrons. The average molecular weight is 288 g/mol. The molecule has 0 aliphatic heterocycles. The van der Waals surface area contributed by atoms with Crippen molar-refractivity contribution in [2.45, 2.75) is 27.7 Å². The van der Waals surface area contributed by atoms with Crippen LogP contribution in [0.1, 0.15) is 30.5 Å². The molecule has 0 amide bonds. The quantitative estimate of drug-likeness (QED) is 0.711. The maximum Gasteiger partial charge on any atom is -0.00765 e. The minimum Gasteiger partial charge on any atom is -0.0990 e. The fourth-order valence-corrected chi connectivity index (χ4v) is 3.31. The maximum absolute atomic E-state index is 3.98. The molecule has 0 nitrogen and oxygen atoms in total. The van der Waals surface area contributed by atoms with Crippen molar-refractivity contribution in [1.82, 2.24) is 0 Å². The number of benzene rings is 2. The molecule has 0 heteroatoms. The molecular weight excluding hydrogens is 264 g/mol. The van der Waals surface area contributed by atoms with Crippen LogP contribution < -0.4 is 10.4 Å². The lowest BCUT2D eigenvalue weighted by Crippen LogP contribution is -2.18. The first kappa shape index (κ1) is 16.0. The van der Waals surface area contributed by atoms with Gasteiger partial charge < -0.3 is 0 Å². The zero-order valence-electron chi connectivity index (χ0n) is 14.0. The van der Waals surface area contributed by atoms with Gasteiger partial charge in [-0.15, -0.1) is 0 Å². The van der Waals surface area contributed by atoms with E-state index < -0.39 is 0 Å². The lowest BCUT2D eigenvalue weighted by Gasteiger charge is -2.16. The second kappa shape index (κ2) is 6.62. The van der Waals surface area contributed by atoms with Crippen LogP contribution in [0, 0.1) is 13.8 Å².